The summed E-state index contributed by atoms with van der Waals surface area (Å²) in [6, 6.07) is 10.4. The summed E-state index contributed by atoms with van der Waals surface area (Å²) in [5, 5.41) is 6.63. The second-order valence-electron chi connectivity index (χ2n) is 5.05. The van der Waals surface area contributed by atoms with Crippen LogP contribution < -0.4 is 10.1 Å². The van der Waals surface area contributed by atoms with Crippen molar-refractivity contribution in [1.29, 1.82) is 0 Å². The highest BCUT2D eigenvalue weighted by Gasteiger charge is 2.10. The molecule has 3 aromatic rings. The number of hydrogen-bond acceptors (Lipinski definition) is 5. The molecule has 1 amide bonds. The maximum atomic E-state index is 11.9. The Hall–Kier alpha value is -3.02. The Bertz CT molecular complexity index is 769. The van der Waals surface area contributed by atoms with Gasteiger partial charge in [0.1, 0.15) is 18.1 Å². The van der Waals surface area contributed by atoms with Crippen LogP contribution in [0.5, 0.6) is 5.75 Å². The Balaban J connectivity index is 1.60. The zero-order valence-electron chi connectivity index (χ0n) is 12.8. The molecule has 3 rings (SSSR count). The van der Waals surface area contributed by atoms with Gasteiger partial charge in [0.15, 0.2) is 5.76 Å². The van der Waals surface area contributed by atoms with Gasteiger partial charge < -0.3 is 19.0 Å². The molecule has 0 aliphatic rings. The molecule has 0 saturated carbocycles. The van der Waals surface area contributed by atoms with E-state index in [4.69, 9.17) is 13.7 Å². The van der Waals surface area contributed by atoms with Crippen LogP contribution in [0.1, 0.15) is 27.6 Å². The van der Waals surface area contributed by atoms with E-state index in [1.54, 1.807) is 36.4 Å². The molecule has 1 N–H and O–H groups in total. The van der Waals surface area contributed by atoms with Crippen LogP contribution in [0.3, 0.4) is 0 Å². The zero-order chi connectivity index (χ0) is 16.2. The minimum Gasteiger partial charge on any atom is -0.489 e. The van der Waals surface area contributed by atoms with Gasteiger partial charge in [0.05, 0.1) is 17.5 Å². The predicted molar refractivity (Wildman–Crippen MR) is 83.4 cm³/mol. The number of aryl methyl sites for hydroxylation is 2. The van der Waals surface area contributed by atoms with E-state index in [1.165, 1.54) is 6.26 Å². The van der Waals surface area contributed by atoms with Crippen molar-refractivity contribution in [3.8, 4) is 5.75 Å². The van der Waals surface area contributed by atoms with Crippen molar-refractivity contribution in [3.05, 3.63) is 65.4 Å². The van der Waals surface area contributed by atoms with Gasteiger partial charge in [-0.05, 0) is 50.2 Å². The third-order valence-electron chi connectivity index (χ3n) is 3.42. The highest BCUT2D eigenvalue weighted by molar-refractivity contribution is 6.02. The van der Waals surface area contributed by atoms with Gasteiger partial charge >= 0.3 is 0 Å². The number of carbonyl (C=O) groups is 1. The number of rotatable bonds is 5. The summed E-state index contributed by atoms with van der Waals surface area (Å²) in [4.78, 5) is 11.9. The van der Waals surface area contributed by atoms with E-state index in [0.717, 1.165) is 17.0 Å². The molecule has 0 fully saturated rings. The molecule has 1 aromatic carbocycles. The maximum Gasteiger partial charge on any atom is 0.291 e. The zero-order valence-corrected chi connectivity index (χ0v) is 12.8. The Morgan fingerprint density at radius 3 is 2.61 bits per heavy atom. The Morgan fingerprint density at radius 1 is 1.22 bits per heavy atom. The number of nitrogens with zero attached hydrogens (tertiary/aromatic N) is 1. The van der Waals surface area contributed by atoms with Gasteiger partial charge in [-0.3, -0.25) is 4.79 Å². The fourth-order valence-electron chi connectivity index (χ4n) is 2.10. The number of carbonyl (C=O) groups excluding carboxylic acids is 1. The lowest BCUT2D eigenvalue weighted by Gasteiger charge is -2.07. The lowest BCUT2D eigenvalue weighted by molar-refractivity contribution is 0.0996. The highest BCUT2D eigenvalue weighted by Crippen LogP contribution is 2.20. The Kier molecular flexibility index (Phi) is 4.14. The molecule has 6 nitrogen and oxygen atoms in total. The van der Waals surface area contributed by atoms with Gasteiger partial charge in [0.25, 0.3) is 5.91 Å². The summed E-state index contributed by atoms with van der Waals surface area (Å²) >= 11 is 0. The molecule has 0 aliphatic carbocycles. The first-order chi connectivity index (χ1) is 11.1. The number of benzene rings is 1. The average Bonchev–Trinajstić information content (AvgIpc) is 3.18. The van der Waals surface area contributed by atoms with Crippen molar-refractivity contribution in [2.24, 2.45) is 0 Å². The number of ether oxygens (including phenoxy) is 1. The number of furan rings is 1. The molecular formula is C17H16N2O4. The smallest absolute Gasteiger partial charge is 0.291 e. The monoisotopic (exact) mass is 312 g/mol. The summed E-state index contributed by atoms with van der Waals surface area (Å²) < 4.78 is 15.9. The van der Waals surface area contributed by atoms with Gasteiger partial charge in [-0.25, -0.2) is 0 Å². The summed E-state index contributed by atoms with van der Waals surface area (Å²) in [5.41, 5.74) is 2.43. The first-order valence-corrected chi connectivity index (χ1v) is 7.13. The SMILES string of the molecule is Cc1noc(C)c1COc1ccc(NC(=O)c2ccco2)cc1. The molecule has 0 bridgehead atoms. The van der Waals surface area contributed by atoms with Gasteiger partial charge in [-0.2, -0.15) is 0 Å². The molecule has 0 spiro atoms. The van der Waals surface area contributed by atoms with Gasteiger partial charge in [0, 0.05) is 5.69 Å². The maximum absolute atomic E-state index is 11.9. The summed E-state index contributed by atoms with van der Waals surface area (Å²) in [5.74, 6) is 1.42. The number of aromatic nitrogens is 1. The Morgan fingerprint density at radius 2 is 2.00 bits per heavy atom. The largest absolute Gasteiger partial charge is 0.489 e. The van der Waals surface area contributed by atoms with E-state index in [1.807, 2.05) is 13.8 Å². The molecule has 2 aromatic heterocycles. The van der Waals surface area contributed by atoms with Gasteiger partial charge in [0.2, 0.25) is 0 Å². The van der Waals surface area contributed by atoms with Gasteiger partial charge in [-0.15, -0.1) is 0 Å². The summed E-state index contributed by atoms with van der Waals surface area (Å²) in [7, 11) is 0. The Labute approximate surface area is 133 Å². The standard InChI is InChI=1S/C17H16N2O4/c1-11-15(12(2)23-19-11)10-22-14-7-5-13(6-8-14)18-17(20)16-4-3-9-21-16/h3-9H,10H2,1-2H3,(H,18,20). The van der Waals surface area contributed by atoms with Crippen LogP contribution in [0.25, 0.3) is 0 Å². The average molecular weight is 312 g/mol. The fraction of sp³-hybridized carbons (Fsp3) is 0.176. The number of anilines is 1. The molecule has 0 saturated heterocycles. The lowest BCUT2D eigenvalue weighted by Crippen LogP contribution is -2.10. The lowest BCUT2D eigenvalue weighted by atomic mass is 10.2. The molecular weight excluding hydrogens is 296 g/mol. The van der Waals surface area contributed by atoms with Crippen LogP contribution in [-0.4, -0.2) is 11.1 Å². The van der Waals surface area contributed by atoms with Crippen LogP contribution in [0.15, 0.2) is 51.6 Å². The molecule has 23 heavy (non-hydrogen) atoms. The minimum absolute atomic E-state index is 0.267. The predicted octanol–water partition coefficient (Wildman–Crippen LogP) is 3.72. The van der Waals surface area contributed by atoms with E-state index >= 15 is 0 Å². The summed E-state index contributed by atoms with van der Waals surface area (Å²) in [6.45, 7) is 4.12. The van der Waals surface area contributed by atoms with Crippen LogP contribution in [0.2, 0.25) is 0 Å². The molecule has 0 radical (unpaired) electrons. The van der Waals surface area contributed by atoms with Crippen LogP contribution in [0, 0.1) is 13.8 Å². The van der Waals surface area contributed by atoms with E-state index in [0.29, 0.717) is 18.0 Å². The normalized spacial score (nSPS) is 10.5. The third kappa shape index (κ3) is 3.42. The fourth-order valence-corrected chi connectivity index (χ4v) is 2.10. The first-order valence-electron chi connectivity index (χ1n) is 7.13. The molecule has 0 aliphatic heterocycles. The number of hydrogen-bond donors (Lipinski definition) is 1. The number of amides is 1. The summed E-state index contributed by atoms with van der Waals surface area (Å²) in [6.07, 6.45) is 1.46. The third-order valence-corrected chi connectivity index (χ3v) is 3.42. The first kappa shape index (κ1) is 14.9. The highest BCUT2D eigenvalue weighted by atomic mass is 16.5. The number of nitrogens with one attached hydrogen (secondary N) is 1. The van der Waals surface area contributed by atoms with Crippen molar-refractivity contribution >= 4 is 11.6 Å². The van der Waals surface area contributed by atoms with Crippen molar-refractivity contribution in [3.63, 3.8) is 0 Å². The second kappa shape index (κ2) is 6.39. The second-order valence-corrected chi connectivity index (χ2v) is 5.05. The topological polar surface area (TPSA) is 77.5 Å². The van der Waals surface area contributed by atoms with Crippen molar-refractivity contribution < 1.29 is 18.5 Å². The molecule has 6 heteroatoms. The molecule has 0 atom stereocenters. The van der Waals surface area contributed by atoms with E-state index in [9.17, 15) is 4.79 Å². The van der Waals surface area contributed by atoms with E-state index in [2.05, 4.69) is 10.5 Å². The minimum atomic E-state index is -0.292. The van der Waals surface area contributed by atoms with Crippen molar-refractivity contribution in [2.75, 3.05) is 5.32 Å². The quantitative estimate of drug-likeness (QED) is 0.777. The molecule has 2 heterocycles. The molecule has 0 unspecified atom stereocenters. The van der Waals surface area contributed by atoms with Crippen LogP contribution in [-0.2, 0) is 6.61 Å². The van der Waals surface area contributed by atoms with Crippen molar-refractivity contribution in [2.45, 2.75) is 20.5 Å². The van der Waals surface area contributed by atoms with Crippen molar-refractivity contribution in [1.82, 2.24) is 5.16 Å². The molecule has 118 valence electrons. The van der Waals surface area contributed by atoms with E-state index < -0.39 is 0 Å². The van der Waals surface area contributed by atoms with Crippen LogP contribution >= 0.6 is 0 Å². The van der Waals surface area contributed by atoms with E-state index in [-0.39, 0.29) is 11.7 Å². The van der Waals surface area contributed by atoms with Gasteiger partial charge in [-0.1, -0.05) is 5.16 Å². The van der Waals surface area contributed by atoms with Crippen LogP contribution in [0.4, 0.5) is 5.69 Å².